The predicted molar refractivity (Wildman–Crippen MR) is 90.3 cm³/mol. The van der Waals surface area contributed by atoms with Crippen molar-refractivity contribution in [2.45, 2.75) is 37.8 Å². The van der Waals surface area contributed by atoms with Gasteiger partial charge >= 0.3 is 0 Å². The molecule has 2 heterocycles. The Kier molecular flexibility index (Phi) is 3.71. The van der Waals surface area contributed by atoms with Crippen LogP contribution in [0.1, 0.15) is 25.7 Å². The third-order valence-corrected chi connectivity index (χ3v) is 4.48. The molecule has 0 bridgehead atoms. The van der Waals surface area contributed by atoms with Crippen LogP contribution in [0.5, 0.6) is 0 Å². The van der Waals surface area contributed by atoms with Crippen LogP contribution < -0.4 is 5.32 Å². The zero-order chi connectivity index (χ0) is 15.6. The molecule has 5 nitrogen and oxygen atoms in total. The zero-order valence-corrected chi connectivity index (χ0v) is 12.9. The molecule has 1 aliphatic carbocycles. The van der Waals surface area contributed by atoms with Crippen LogP contribution in [0.15, 0.2) is 48.7 Å². The first-order valence-corrected chi connectivity index (χ1v) is 8.14. The minimum absolute atomic E-state index is 0.143. The van der Waals surface area contributed by atoms with Crippen molar-refractivity contribution in [1.82, 2.24) is 14.6 Å². The van der Waals surface area contributed by atoms with Gasteiger partial charge in [-0.05, 0) is 25.7 Å². The first kappa shape index (κ1) is 14.2. The maximum atomic E-state index is 9.67. The van der Waals surface area contributed by atoms with E-state index in [2.05, 4.69) is 28.6 Å². The molecule has 0 spiro atoms. The van der Waals surface area contributed by atoms with Crippen LogP contribution in [0.4, 0.5) is 5.82 Å². The van der Waals surface area contributed by atoms with Crippen molar-refractivity contribution in [3.8, 4) is 11.3 Å². The van der Waals surface area contributed by atoms with Gasteiger partial charge in [-0.15, -0.1) is 0 Å². The molecule has 0 atom stereocenters. The summed E-state index contributed by atoms with van der Waals surface area (Å²) in [7, 11) is 0. The van der Waals surface area contributed by atoms with Gasteiger partial charge in [-0.25, -0.2) is 4.98 Å². The van der Waals surface area contributed by atoms with Gasteiger partial charge in [0.15, 0.2) is 5.65 Å². The van der Waals surface area contributed by atoms with Gasteiger partial charge in [0, 0.05) is 23.7 Å². The highest BCUT2D eigenvalue weighted by Crippen LogP contribution is 2.25. The normalized spacial score (nSPS) is 21.4. The second-order valence-corrected chi connectivity index (χ2v) is 6.14. The molecular formula is C18H20N4O. The number of aliphatic hydroxyl groups excluding tert-OH is 1. The van der Waals surface area contributed by atoms with Crippen molar-refractivity contribution >= 4 is 11.5 Å². The third kappa shape index (κ3) is 2.92. The lowest BCUT2D eigenvalue weighted by molar-refractivity contribution is 0.126. The number of anilines is 1. The van der Waals surface area contributed by atoms with Crippen molar-refractivity contribution < 1.29 is 5.11 Å². The molecule has 0 unspecified atom stereocenters. The van der Waals surface area contributed by atoms with E-state index in [-0.39, 0.29) is 6.10 Å². The molecule has 0 saturated heterocycles. The highest BCUT2D eigenvalue weighted by Gasteiger charge is 2.20. The number of aliphatic hydroxyl groups is 1. The molecule has 1 aliphatic rings. The second kappa shape index (κ2) is 6.01. The fraction of sp³-hybridized carbons (Fsp3) is 0.333. The summed E-state index contributed by atoms with van der Waals surface area (Å²) in [6, 6.07) is 14.5. The summed E-state index contributed by atoms with van der Waals surface area (Å²) in [6.45, 7) is 0. The molecule has 5 heteroatoms. The predicted octanol–water partition coefficient (Wildman–Crippen LogP) is 3.11. The number of rotatable bonds is 3. The molecule has 0 aliphatic heterocycles. The summed E-state index contributed by atoms with van der Waals surface area (Å²) in [4.78, 5) is 4.69. The van der Waals surface area contributed by atoms with Crippen molar-refractivity contribution in [2.24, 2.45) is 0 Å². The van der Waals surface area contributed by atoms with Gasteiger partial charge in [-0.3, -0.25) is 0 Å². The van der Waals surface area contributed by atoms with Gasteiger partial charge in [-0.2, -0.15) is 9.61 Å². The molecule has 2 aromatic heterocycles. The summed E-state index contributed by atoms with van der Waals surface area (Å²) in [5.74, 6) is 0.959. The number of nitrogens with zero attached hydrogens (tertiary/aromatic N) is 3. The standard InChI is InChI=1S/C18H20N4O/c23-15-8-6-14(7-9-15)20-18-12-16(13-4-2-1-3-5-13)21-17-10-11-19-22(17)18/h1-5,10-12,14-15,20,23H,6-9H2. The van der Waals surface area contributed by atoms with Crippen molar-refractivity contribution in [1.29, 1.82) is 0 Å². The first-order valence-electron chi connectivity index (χ1n) is 8.14. The average Bonchev–Trinajstić information content (AvgIpc) is 3.06. The smallest absolute Gasteiger partial charge is 0.157 e. The number of nitrogens with one attached hydrogen (secondary N) is 1. The Balaban J connectivity index is 1.69. The summed E-state index contributed by atoms with van der Waals surface area (Å²) >= 11 is 0. The molecule has 3 aromatic rings. The Hall–Kier alpha value is -2.40. The SMILES string of the molecule is OC1CCC(Nc2cc(-c3ccccc3)nc3ccnn23)CC1. The molecule has 0 radical (unpaired) electrons. The molecule has 1 fully saturated rings. The van der Waals surface area contributed by atoms with Crippen molar-refractivity contribution in [3.05, 3.63) is 48.7 Å². The van der Waals surface area contributed by atoms with E-state index >= 15 is 0 Å². The van der Waals surface area contributed by atoms with Gasteiger partial charge in [0.25, 0.3) is 0 Å². The molecule has 2 N–H and O–H groups in total. The topological polar surface area (TPSA) is 62.5 Å². The lowest BCUT2D eigenvalue weighted by atomic mass is 9.93. The fourth-order valence-corrected chi connectivity index (χ4v) is 3.20. The van der Waals surface area contributed by atoms with Crippen molar-refractivity contribution in [2.75, 3.05) is 5.32 Å². The maximum absolute atomic E-state index is 9.67. The summed E-state index contributed by atoms with van der Waals surface area (Å²) in [5, 5.41) is 17.6. The van der Waals surface area contributed by atoms with Crippen LogP contribution in [0, 0.1) is 0 Å². The number of benzene rings is 1. The van der Waals surface area contributed by atoms with Crippen LogP contribution >= 0.6 is 0 Å². The Morgan fingerprint density at radius 3 is 2.61 bits per heavy atom. The van der Waals surface area contributed by atoms with E-state index in [4.69, 9.17) is 4.98 Å². The Morgan fingerprint density at radius 1 is 1.04 bits per heavy atom. The largest absolute Gasteiger partial charge is 0.393 e. The summed E-state index contributed by atoms with van der Waals surface area (Å²) < 4.78 is 1.84. The van der Waals surface area contributed by atoms with E-state index in [9.17, 15) is 5.11 Å². The highest BCUT2D eigenvalue weighted by molar-refractivity contribution is 5.66. The number of hydrogen-bond acceptors (Lipinski definition) is 4. The van der Waals surface area contributed by atoms with Gasteiger partial charge < -0.3 is 10.4 Å². The maximum Gasteiger partial charge on any atom is 0.157 e. The summed E-state index contributed by atoms with van der Waals surface area (Å²) in [6.07, 6.45) is 5.30. The van der Waals surface area contributed by atoms with Crippen LogP contribution in [0.25, 0.3) is 16.9 Å². The van der Waals surface area contributed by atoms with E-state index in [0.29, 0.717) is 6.04 Å². The van der Waals surface area contributed by atoms with Gasteiger partial charge in [-0.1, -0.05) is 30.3 Å². The van der Waals surface area contributed by atoms with E-state index in [1.54, 1.807) is 6.20 Å². The second-order valence-electron chi connectivity index (χ2n) is 6.14. The third-order valence-electron chi connectivity index (χ3n) is 4.48. The van der Waals surface area contributed by atoms with Crippen LogP contribution in [-0.4, -0.2) is 31.9 Å². The van der Waals surface area contributed by atoms with Crippen LogP contribution in [0.3, 0.4) is 0 Å². The molecule has 4 rings (SSSR count). The highest BCUT2D eigenvalue weighted by atomic mass is 16.3. The average molecular weight is 308 g/mol. The lowest BCUT2D eigenvalue weighted by Gasteiger charge is -2.27. The number of fused-ring (bicyclic) bond motifs is 1. The van der Waals surface area contributed by atoms with Crippen molar-refractivity contribution in [3.63, 3.8) is 0 Å². The van der Waals surface area contributed by atoms with E-state index in [0.717, 1.165) is 48.4 Å². The van der Waals surface area contributed by atoms with Gasteiger partial charge in [0.2, 0.25) is 0 Å². The van der Waals surface area contributed by atoms with E-state index in [1.807, 2.05) is 28.8 Å². The molecule has 23 heavy (non-hydrogen) atoms. The fourth-order valence-electron chi connectivity index (χ4n) is 3.20. The van der Waals surface area contributed by atoms with E-state index in [1.165, 1.54) is 0 Å². The first-order chi connectivity index (χ1) is 11.3. The number of hydrogen-bond donors (Lipinski definition) is 2. The van der Waals surface area contributed by atoms with Gasteiger partial charge in [0.1, 0.15) is 5.82 Å². The minimum atomic E-state index is -0.143. The molecule has 118 valence electrons. The lowest BCUT2D eigenvalue weighted by Crippen LogP contribution is -2.29. The molecule has 0 amide bonds. The Bertz CT molecular complexity index is 791. The quantitative estimate of drug-likeness (QED) is 0.780. The molecule has 1 aromatic carbocycles. The Morgan fingerprint density at radius 2 is 1.83 bits per heavy atom. The molecular weight excluding hydrogens is 288 g/mol. The molecule has 1 saturated carbocycles. The van der Waals surface area contributed by atoms with Gasteiger partial charge in [0.05, 0.1) is 18.0 Å². The van der Waals surface area contributed by atoms with Crippen LogP contribution in [-0.2, 0) is 0 Å². The van der Waals surface area contributed by atoms with E-state index < -0.39 is 0 Å². The monoisotopic (exact) mass is 308 g/mol. The number of aromatic nitrogens is 3. The van der Waals surface area contributed by atoms with Crippen LogP contribution in [0.2, 0.25) is 0 Å². The minimum Gasteiger partial charge on any atom is -0.393 e. The zero-order valence-electron chi connectivity index (χ0n) is 12.9. The summed E-state index contributed by atoms with van der Waals surface area (Å²) in [5.41, 5.74) is 2.87. The Labute approximate surface area is 135 Å².